The van der Waals surface area contributed by atoms with Crippen molar-refractivity contribution in [1.82, 2.24) is 24.9 Å². The summed E-state index contributed by atoms with van der Waals surface area (Å²) in [5.41, 5.74) is 1.73. The maximum atomic E-state index is 6.09. The summed E-state index contributed by atoms with van der Waals surface area (Å²) in [5.74, 6) is 1.37. The number of thiophene rings is 1. The predicted molar refractivity (Wildman–Crippen MR) is 121 cm³/mol. The molecule has 0 amide bonds. The Labute approximate surface area is 189 Å². The monoisotopic (exact) mass is 450 g/mol. The zero-order chi connectivity index (χ0) is 21.9. The van der Waals surface area contributed by atoms with Gasteiger partial charge in [0.25, 0.3) is 0 Å². The van der Waals surface area contributed by atoms with Crippen molar-refractivity contribution in [3.8, 4) is 22.3 Å². The summed E-state index contributed by atoms with van der Waals surface area (Å²) >= 11 is 1.56. The summed E-state index contributed by atoms with van der Waals surface area (Å²) in [4.78, 5) is 26.0. The summed E-state index contributed by atoms with van der Waals surface area (Å²) in [6.45, 7) is 2.16. The number of pyridine rings is 1. The van der Waals surface area contributed by atoms with Gasteiger partial charge in [-0.2, -0.15) is 4.98 Å². The number of nitrogens with zero attached hydrogens (tertiary/aromatic N) is 6. The van der Waals surface area contributed by atoms with Crippen LogP contribution in [-0.2, 0) is 11.3 Å². The second-order valence-corrected chi connectivity index (χ2v) is 8.33. The third-order valence-corrected chi connectivity index (χ3v) is 6.40. The van der Waals surface area contributed by atoms with E-state index in [4.69, 9.17) is 14.2 Å². The number of anilines is 1. The zero-order valence-electron chi connectivity index (χ0n) is 17.8. The molecule has 0 radical (unpaired) electrons. The Hall–Kier alpha value is -3.37. The van der Waals surface area contributed by atoms with Crippen LogP contribution in [0.15, 0.2) is 43.0 Å². The van der Waals surface area contributed by atoms with Gasteiger partial charge in [0.2, 0.25) is 5.88 Å². The smallest absolute Gasteiger partial charge is 0.319 e. The molecule has 1 atom stereocenters. The molecule has 1 unspecified atom stereocenters. The third-order valence-electron chi connectivity index (χ3n) is 5.32. The van der Waals surface area contributed by atoms with Crippen molar-refractivity contribution in [2.45, 2.75) is 19.1 Å². The minimum atomic E-state index is 0.134. The molecule has 0 aromatic carbocycles. The molecule has 9 nitrogen and oxygen atoms in total. The predicted octanol–water partition coefficient (Wildman–Crippen LogP) is 3.36. The second kappa shape index (κ2) is 9.01. The van der Waals surface area contributed by atoms with Crippen LogP contribution < -0.4 is 14.4 Å². The molecule has 1 saturated heterocycles. The third kappa shape index (κ3) is 4.06. The summed E-state index contributed by atoms with van der Waals surface area (Å²) in [6, 6.07) is 8.20. The Balaban J connectivity index is 1.37. The van der Waals surface area contributed by atoms with E-state index < -0.39 is 0 Å². The van der Waals surface area contributed by atoms with Gasteiger partial charge in [-0.15, -0.1) is 11.3 Å². The molecule has 1 aliphatic rings. The highest BCUT2D eigenvalue weighted by Gasteiger charge is 2.26. The van der Waals surface area contributed by atoms with Crippen LogP contribution in [0.2, 0.25) is 0 Å². The van der Waals surface area contributed by atoms with E-state index in [0.29, 0.717) is 12.5 Å². The molecule has 4 aromatic heterocycles. The molecule has 0 N–H and O–H groups in total. The van der Waals surface area contributed by atoms with Crippen LogP contribution in [-0.4, -0.2) is 58.3 Å². The minimum absolute atomic E-state index is 0.134. The van der Waals surface area contributed by atoms with Gasteiger partial charge in [0, 0.05) is 30.4 Å². The normalized spacial score (nSPS) is 15.9. The molecule has 164 valence electrons. The first-order valence-corrected chi connectivity index (χ1v) is 11.0. The van der Waals surface area contributed by atoms with E-state index in [2.05, 4.69) is 35.9 Å². The van der Waals surface area contributed by atoms with E-state index in [9.17, 15) is 0 Å². The highest BCUT2D eigenvalue weighted by Crippen LogP contribution is 2.39. The van der Waals surface area contributed by atoms with Crippen molar-refractivity contribution in [3.05, 3.63) is 48.7 Å². The SMILES string of the molecule is COc1ncc(-c2cc3c(N4CCC(OCc5ccccn5)C4)ncnc3s2)c(OC)n1. The van der Waals surface area contributed by atoms with Crippen molar-refractivity contribution in [2.75, 3.05) is 32.2 Å². The van der Waals surface area contributed by atoms with E-state index in [-0.39, 0.29) is 12.1 Å². The molecule has 10 heteroatoms. The number of hydrogen-bond donors (Lipinski definition) is 0. The Morgan fingerprint density at radius 2 is 2.06 bits per heavy atom. The Morgan fingerprint density at radius 3 is 2.88 bits per heavy atom. The van der Waals surface area contributed by atoms with Crippen LogP contribution in [0.25, 0.3) is 20.7 Å². The molecule has 32 heavy (non-hydrogen) atoms. The van der Waals surface area contributed by atoms with E-state index in [1.807, 2.05) is 18.2 Å². The van der Waals surface area contributed by atoms with Gasteiger partial charge < -0.3 is 19.1 Å². The maximum Gasteiger partial charge on any atom is 0.319 e. The molecule has 4 aromatic rings. The van der Waals surface area contributed by atoms with Gasteiger partial charge in [-0.3, -0.25) is 4.98 Å². The lowest BCUT2D eigenvalue weighted by atomic mass is 10.2. The lowest BCUT2D eigenvalue weighted by Crippen LogP contribution is -2.24. The van der Waals surface area contributed by atoms with Crippen LogP contribution in [0.1, 0.15) is 12.1 Å². The molecule has 0 aliphatic carbocycles. The number of hydrogen-bond acceptors (Lipinski definition) is 10. The summed E-state index contributed by atoms with van der Waals surface area (Å²) < 4.78 is 16.7. The highest BCUT2D eigenvalue weighted by atomic mass is 32.1. The van der Waals surface area contributed by atoms with Crippen LogP contribution in [0.5, 0.6) is 11.9 Å². The number of ether oxygens (including phenoxy) is 3. The van der Waals surface area contributed by atoms with Gasteiger partial charge in [0.1, 0.15) is 17.0 Å². The zero-order valence-corrected chi connectivity index (χ0v) is 18.6. The van der Waals surface area contributed by atoms with Gasteiger partial charge in [-0.25, -0.2) is 15.0 Å². The molecular formula is C22H22N6O3S. The number of fused-ring (bicyclic) bond motifs is 1. The van der Waals surface area contributed by atoms with Crippen molar-refractivity contribution in [3.63, 3.8) is 0 Å². The maximum absolute atomic E-state index is 6.09. The molecule has 0 saturated carbocycles. The number of aromatic nitrogens is 5. The largest absolute Gasteiger partial charge is 0.480 e. The fraction of sp³-hybridized carbons (Fsp3) is 0.318. The van der Waals surface area contributed by atoms with Crippen LogP contribution in [0, 0.1) is 0 Å². The van der Waals surface area contributed by atoms with Crippen LogP contribution >= 0.6 is 11.3 Å². The van der Waals surface area contributed by atoms with Gasteiger partial charge in [0.05, 0.1) is 43.6 Å². The van der Waals surface area contributed by atoms with E-state index >= 15 is 0 Å². The fourth-order valence-corrected chi connectivity index (χ4v) is 4.74. The first-order chi connectivity index (χ1) is 15.7. The molecular weight excluding hydrogens is 428 g/mol. The van der Waals surface area contributed by atoms with Gasteiger partial charge in [-0.05, 0) is 24.6 Å². The Bertz CT molecular complexity index is 1220. The van der Waals surface area contributed by atoms with E-state index in [1.165, 1.54) is 7.11 Å². The standard InChI is InChI=1S/C22H22N6O3S/c1-29-20-17(10-24-22(27-20)30-2)18-9-16-19(25-13-26-21(16)32-18)28-8-6-15(11-28)31-12-14-5-3-4-7-23-14/h3-5,7,9-10,13,15H,6,8,11-12H2,1-2H3. The molecule has 5 rings (SSSR count). The fourth-order valence-electron chi connectivity index (χ4n) is 3.75. The Kier molecular flexibility index (Phi) is 5.78. The molecule has 5 heterocycles. The van der Waals surface area contributed by atoms with Crippen molar-refractivity contribution < 1.29 is 14.2 Å². The lowest BCUT2D eigenvalue weighted by molar-refractivity contribution is 0.0533. The van der Waals surface area contributed by atoms with Gasteiger partial charge >= 0.3 is 6.01 Å². The summed E-state index contributed by atoms with van der Waals surface area (Å²) in [7, 11) is 3.11. The molecule has 0 bridgehead atoms. The lowest BCUT2D eigenvalue weighted by Gasteiger charge is -2.18. The number of methoxy groups -OCH3 is 2. The van der Waals surface area contributed by atoms with E-state index in [1.54, 1.807) is 37.2 Å². The first-order valence-electron chi connectivity index (χ1n) is 10.2. The molecule has 0 spiro atoms. The summed E-state index contributed by atoms with van der Waals surface area (Å²) in [6.07, 6.45) is 6.18. The molecule has 1 aliphatic heterocycles. The van der Waals surface area contributed by atoms with Gasteiger partial charge in [0.15, 0.2) is 0 Å². The molecule has 1 fully saturated rings. The topological polar surface area (TPSA) is 95.4 Å². The van der Waals surface area contributed by atoms with Crippen LogP contribution in [0.3, 0.4) is 0 Å². The quantitative estimate of drug-likeness (QED) is 0.420. The van der Waals surface area contributed by atoms with E-state index in [0.717, 1.165) is 51.7 Å². The minimum Gasteiger partial charge on any atom is -0.480 e. The first kappa shape index (κ1) is 20.5. The van der Waals surface area contributed by atoms with Crippen molar-refractivity contribution in [2.24, 2.45) is 0 Å². The second-order valence-electron chi connectivity index (χ2n) is 7.30. The number of rotatable bonds is 7. The Morgan fingerprint density at radius 1 is 1.12 bits per heavy atom. The summed E-state index contributed by atoms with van der Waals surface area (Å²) in [5, 5.41) is 0.996. The van der Waals surface area contributed by atoms with Crippen LogP contribution in [0.4, 0.5) is 5.82 Å². The van der Waals surface area contributed by atoms with Gasteiger partial charge in [-0.1, -0.05) is 6.07 Å². The highest BCUT2D eigenvalue weighted by molar-refractivity contribution is 7.22. The average molecular weight is 451 g/mol. The average Bonchev–Trinajstić information content (AvgIpc) is 3.50. The van der Waals surface area contributed by atoms with Crippen molar-refractivity contribution in [1.29, 1.82) is 0 Å². The van der Waals surface area contributed by atoms with Crippen molar-refractivity contribution >= 4 is 27.4 Å².